The van der Waals surface area contributed by atoms with E-state index in [-0.39, 0.29) is 28.9 Å². The molecule has 2 saturated carbocycles. The van der Waals surface area contributed by atoms with Crippen LogP contribution in [0.3, 0.4) is 0 Å². The summed E-state index contributed by atoms with van der Waals surface area (Å²) in [6.45, 7) is 3.17. The third-order valence-electron chi connectivity index (χ3n) is 6.31. The van der Waals surface area contributed by atoms with Crippen LogP contribution in [0.25, 0.3) is 21.5 Å². The van der Waals surface area contributed by atoms with E-state index in [2.05, 4.69) is 82.1 Å². The Labute approximate surface area is 264 Å². The van der Waals surface area contributed by atoms with E-state index in [9.17, 15) is 9.59 Å². The summed E-state index contributed by atoms with van der Waals surface area (Å²) >= 11 is 0. The number of carbonyl (C=O) groups is 2. The van der Waals surface area contributed by atoms with Crippen LogP contribution in [0, 0.1) is 75.0 Å². The van der Waals surface area contributed by atoms with Gasteiger partial charge < -0.3 is 15.4 Å². The van der Waals surface area contributed by atoms with Crippen molar-refractivity contribution < 1.29 is 31.4 Å². The number of fused-ring (bicyclic) bond motifs is 2. The van der Waals surface area contributed by atoms with Crippen molar-refractivity contribution in [3.8, 4) is 17.6 Å². The van der Waals surface area contributed by atoms with Gasteiger partial charge in [0, 0.05) is 37.5 Å². The van der Waals surface area contributed by atoms with E-state index in [1.165, 1.54) is 35.4 Å². The van der Waals surface area contributed by atoms with Crippen LogP contribution in [0.2, 0.25) is 0 Å². The zero-order valence-electron chi connectivity index (χ0n) is 23.7. The average Bonchev–Trinajstić information content (AvgIpc) is 3.69. The molecule has 0 spiro atoms. The van der Waals surface area contributed by atoms with Gasteiger partial charge in [-0.3, -0.25) is 9.59 Å². The van der Waals surface area contributed by atoms with Crippen LogP contribution in [-0.4, -0.2) is 23.4 Å². The summed E-state index contributed by atoms with van der Waals surface area (Å²) < 4.78 is 5.65. The van der Waals surface area contributed by atoms with Crippen LogP contribution in [-0.2, 0) is 26.7 Å². The van der Waals surface area contributed by atoms with Gasteiger partial charge in [0.05, 0.1) is 12.5 Å². The number of aromatic nitrogens is 1. The molecular weight excluding hydrogens is 578 g/mol. The molecule has 0 saturated heterocycles. The Morgan fingerprint density at radius 1 is 0.721 bits per heavy atom. The van der Waals surface area contributed by atoms with Gasteiger partial charge in [0.2, 0.25) is 11.8 Å². The van der Waals surface area contributed by atoms with Crippen LogP contribution >= 0.6 is 0 Å². The van der Waals surface area contributed by atoms with Gasteiger partial charge in [0.1, 0.15) is 17.4 Å². The Morgan fingerprint density at radius 3 is 1.77 bits per heavy atom. The maximum atomic E-state index is 11.1. The van der Waals surface area contributed by atoms with Crippen molar-refractivity contribution in [2.24, 2.45) is 0 Å². The summed E-state index contributed by atoms with van der Waals surface area (Å²) in [5, 5.41) is 10.1. The molecule has 1 aromatic heterocycles. The first kappa shape index (κ1) is 32.1. The molecule has 0 aliphatic heterocycles. The van der Waals surface area contributed by atoms with E-state index in [0.717, 1.165) is 17.4 Å². The molecule has 2 aliphatic rings. The molecule has 2 amide bonds. The molecule has 6 nitrogen and oxygen atoms in total. The fourth-order valence-electron chi connectivity index (χ4n) is 4.49. The third kappa shape index (κ3) is 9.07. The predicted molar refractivity (Wildman–Crippen MR) is 168 cm³/mol. The maximum Gasteiger partial charge on any atom is 2.00 e. The number of amides is 2. The number of carbonyl (C=O) groups excluding carboxylic acids is 2. The Hall–Kier alpha value is -3.85. The van der Waals surface area contributed by atoms with Gasteiger partial charge in [-0.1, -0.05) is 60.4 Å². The second-order valence-corrected chi connectivity index (χ2v) is 9.63. The van der Waals surface area contributed by atoms with Crippen molar-refractivity contribution in [1.29, 1.82) is 0 Å². The Kier molecular flexibility index (Phi) is 11.6. The SMILES string of the molecule is C(#Cc1c2ccccc2cc2ccccc12)[C]1[CH][CH][CH][CH]1.CC(=O)Nc1cc(OC[C]2[CH][CH][CH][CH]2)cc(NC(C)=O)n1.[Fe+2]. The minimum Gasteiger partial charge on any atom is -0.493 e. The van der Waals surface area contributed by atoms with E-state index in [1.54, 1.807) is 12.1 Å². The summed E-state index contributed by atoms with van der Waals surface area (Å²) in [6.07, 6.45) is 15.9. The Morgan fingerprint density at radius 2 is 1.23 bits per heavy atom. The molecule has 6 rings (SSSR count). The average molecular weight is 607 g/mol. The van der Waals surface area contributed by atoms with Gasteiger partial charge in [-0.15, -0.1) is 0 Å². The summed E-state index contributed by atoms with van der Waals surface area (Å²) in [5.74, 6) is 9.43. The first-order valence-electron chi connectivity index (χ1n) is 13.5. The number of anilines is 2. The largest absolute Gasteiger partial charge is 2.00 e. The number of hydrogen-bond acceptors (Lipinski definition) is 4. The number of pyridine rings is 1. The molecule has 10 radical (unpaired) electrons. The van der Waals surface area contributed by atoms with Crippen LogP contribution in [0.5, 0.6) is 5.75 Å². The molecule has 4 aromatic rings. The van der Waals surface area contributed by atoms with Crippen molar-refractivity contribution in [3.63, 3.8) is 0 Å². The molecule has 2 N–H and O–H groups in total. The van der Waals surface area contributed by atoms with Crippen molar-refractivity contribution in [1.82, 2.24) is 4.98 Å². The molecule has 1 heterocycles. The maximum absolute atomic E-state index is 11.1. The standard InChI is InChI=1S/C21H13.C15H16N3O3.Fe/c1-2-8-16(7-1)13-14-21-19-11-5-3-9-17(19)15-18-10-4-6-12-20(18)21;1-10(19)16-14-7-13(8-15(18-14)17-11(2)20)21-9-12-5-3-4-6-12;/h1-12,15H;3-8H,9H2,1-2H3,(H2,16,17,18,19,20);/q;;+2. The number of hydrogen-bond donors (Lipinski definition) is 2. The number of nitrogens with one attached hydrogen (secondary N) is 2. The van der Waals surface area contributed by atoms with Crippen molar-refractivity contribution in [3.05, 3.63) is 135 Å². The van der Waals surface area contributed by atoms with Gasteiger partial charge in [-0.25, -0.2) is 4.98 Å². The second-order valence-electron chi connectivity index (χ2n) is 9.63. The van der Waals surface area contributed by atoms with Crippen LogP contribution in [0.15, 0.2) is 66.7 Å². The molecule has 2 aliphatic carbocycles. The molecular formula is C36H29FeN3O3+2. The Balaban J connectivity index is 0.000000192. The van der Waals surface area contributed by atoms with E-state index in [4.69, 9.17) is 4.74 Å². The number of ether oxygens (including phenoxy) is 1. The summed E-state index contributed by atoms with van der Waals surface area (Å²) in [5.41, 5.74) is 1.12. The molecule has 2 fully saturated rings. The number of nitrogens with zero attached hydrogens (tertiary/aromatic N) is 1. The zero-order chi connectivity index (χ0) is 29.3. The number of rotatable bonds is 5. The van der Waals surface area contributed by atoms with Crippen LogP contribution < -0.4 is 15.4 Å². The van der Waals surface area contributed by atoms with Gasteiger partial charge in [-0.05, 0) is 79.0 Å². The van der Waals surface area contributed by atoms with Crippen LogP contribution in [0.1, 0.15) is 19.4 Å². The molecule has 212 valence electrons. The quantitative estimate of drug-likeness (QED) is 0.154. The summed E-state index contributed by atoms with van der Waals surface area (Å²) in [7, 11) is 0. The molecule has 43 heavy (non-hydrogen) atoms. The molecule has 3 aromatic carbocycles. The van der Waals surface area contributed by atoms with E-state index >= 15 is 0 Å². The second kappa shape index (κ2) is 15.6. The van der Waals surface area contributed by atoms with E-state index in [0.29, 0.717) is 24.0 Å². The fraction of sp³-hybridized carbons (Fsp3) is 0.0833. The van der Waals surface area contributed by atoms with Crippen molar-refractivity contribution in [2.45, 2.75) is 13.8 Å². The summed E-state index contributed by atoms with van der Waals surface area (Å²) in [6, 6.07) is 22.3. The van der Waals surface area contributed by atoms with Gasteiger partial charge >= 0.3 is 17.1 Å². The van der Waals surface area contributed by atoms with Gasteiger partial charge in [0.25, 0.3) is 0 Å². The van der Waals surface area contributed by atoms with E-state index < -0.39 is 0 Å². The normalized spacial score (nSPS) is 14.7. The van der Waals surface area contributed by atoms with Crippen molar-refractivity contribution >= 4 is 45.0 Å². The topological polar surface area (TPSA) is 80.3 Å². The first-order chi connectivity index (χ1) is 20.4. The molecule has 0 unspecified atom stereocenters. The van der Waals surface area contributed by atoms with E-state index in [1.807, 2.05) is 51.4 Å². The molecule has 0 bridgehead atoms. The zero-order valence-corrected chi connectivity index (χ0v) is 24.8. The first-order valence-corrected chi connectivity index (χ1v) is 13.5. The van der Waals surface area contributed by atoms with Crippen LogP contribution in [0.4, 0.5) is 11.6 Å². The smallest absolute Gasteiger partial charge is 0.493 e. The fourth-order valence-corrected chi connectivity index (χ4v) is 4.49. The van der Waals surface area contributed by atoms with Crippen molar-refractivity contribution in [2.75, 3.05) is 17.2 Å². The third-order valence-corrected chi connectivity index (χ3v) is 6.31. The minimum absolute atomic E-state index is 0. The monoisotopic (exact) mass is 607 g/mol. The van der Waals surface area contributed by atoms with Gasteiger partial charge in [0.15, 0.2) is 0 Å². The molecule has 7 heteroatoms. The molecule has 0 atom stereocenters. The number of benzene rings is 3. The Bertz CT molecular complexity index is 1540. The summed E-state index contributed by atoms with van der Waals surface area (Å²) in [4.78, 5) is 26.4. The van der Waals surface area contributed by atoms with Gasteiger partial charge in [-0.2, -0.15) is 0 Å². The predicted octanol–water partition coefficient (Wildman–Crippen LogP) is 6.53. The minimum atomic E-state index is -0.246.